The summed E-state index contributed by atoms with van der Waals surface area (Å²) in [5, 5.41) is 0. The van der Waals surface area contributed by atoms with Gasteiger partial charge >= 0.3 is 0 Å². The lowest BCUT2D eigenvalue weighted by atomic mass is 9.93. The minimum Gasteiger partial charge on any atom is -0.493 e. The van der Waals surface area contributed by atoms with Gasteiger partial charge in [-0.1, -0.05) is 26.0 Å². The number of benzene rings is 2. The molecule has 1 aliphatic heterocycles. The van der Waals surface area contributed by atoms with Gasteiger partial charge in [0.25, 0.3) is 11.8 Å². The van der Waals surface area contributed by atoms with Gasteiger partial charge in [-0.15, -0.1) is 0 Å². The van der Waals surface area contributed by atoms with E-state index in [1.54, 1.807) is 42.5 Å². The molecule has 1 heterocycles. The maximum Gasteiger partial charge on any atom is 0.262 e. The van der Waals surface area contributed by atoms with Crippen molar-refractivity contribution in [3.63, 3.8) is 0 Å². The lowest BCUT2D eigenvalue weighted by Crippen LogP contribution is -2.48. The predicted octanol–water partition coefficient (Wildman–Crippen LogP) is 3.21. The molecule has 6 heteroatoms. The summed E-state index contributed by atoms with van der Waals surface area (Å²) in [7, 11) is 2.99. The number of amides is 2. The van der Waals surface area contributed by atoms with Crippen molar-refractivity contribution in [3.8, 4) is 11.5 Å². The van der Waals surface area contributed by atoms with Crippen LogP contribution in [0.2, 0.25) is 0 Å². The van der Waals surface area contributed by atoms with E-state index in [9.17, 15) is 14.4 Å². The summed E-state index contributed by atoms with van der Waals surface area (Å²) < 4.78 is 10.5. The quantitative estimate of drug-likeness (QED) is 0.579. The first kappa shape index (κ1) is 18.6. The van der Waals surface area contributed by atoms with E-state index in [1.807, 2.05) is 13.8 Å². The zero-order valence-electron chi connectivity index (χ0n) is 15.7. The van der Waals surface area contributed by atoms with Crippen LogP contribution in [-0.4, -0.2) is 42.8 Å². The Hall–Kier alpha value is -3.15. The molecule has 0 aromatic heterocycles. The number of imide groups is 1. The average molecular weight is 367 g/mol. The highest BCUT2D eigenvalue weighted by Gasteiger charge is 2.44. The summed E-state index contributed by atoms with van der Waals surface area (Å²) in [5.74, 6) is -0.552. The van der Waals surface area contributed by atoms with Gasteiger partial charge in [-0.05, 0) is 36.2 Å². The normalized spacial score (nSPS) is 14.3. The van der Waals surface area contributed by atoms with Crippen LogP contribution in [0, 0.1) is 5.92 Å². The van der Waals surface area contributed by atoms with Crippen LogP contribution >= 0.6 is 0 Å². The molecule has 0 radical (unpaired) electrons. The first-order chi connectivity index (χ1) is 12.9. The first-order valence-electron chi connectivity index (χ1n) is 8.63. The molecule has 140 valence electrons. The standard InChI is InChI=1S/C21H21NO5/c1-12(2)18(19(23)13-9-10-16(26-3)17(11-13)27-4)22-20(24)14-7-5-6-8-15(14)21(22)25/h5-12,18H,1-4H3/t18-/m0/s1. The second-order valence-corrected chi connectivity index (χ2v) is 6.65. The summed E-state index contributed by atoms with van der Waals surface area (Å²) in [4.78, 5) is 40.0. The molecule has 2 aromatic carbocycles. The number of nitrogens with zero attached hydrogens (tertiary/aromatic N) is 1. The van der Waals surface area contributed by atoms with E-state index in [2.05, 4.69) is 0 Å². The van der Waals surface area contributed by atoms with Gasteiger partial charge in [0, 0.05) is 5.56 Å². The lowest BCUT2D eigenvalue weighted by molar-refractivity contribution is 0.0495. The summed E-state index contributed by atoms with van der Waals surface area (Å²) in [6.07, 6.45) is 0. The molecular formula is C21H21NO5. The van der Waals surface area contributed by atoms with Crippen molar-refractivity contribution in [3.05, 3.63) is 59.2 Å². The molecule has 0 N–H and O–H groups in total. The molecule has 0 fully saturated rings. The summed E-state index contributed by atoms with van der Waals surface area (Å²) in [5.41, 5.74) is 1.00. The molecule has 6 nitrogen and oxygen atoms in total. The molecule has 0 aliphatic carbocycles. The second kappa shape index (κ2) is 7.23. The van der Waals surface area contributed by atoms with Crippen LogP contribution in [-0.2, 0) is 0 Å². The number of methoxy groups -OCH3 is 2. The van der Waals surface area contributed by atoms with Crippen molar-refractivity contribution in [2.45, 2.75) is 19.9 Å². The molecule has 0 bridgehead atoms. The van der Waals surface area contributed by atoms with Gasteiger partial charge in [0.1, 0.15) is 6.04 Å². The van der Waals surface area contributed by atoms with Crippen molar-refractivity contribution >= 4 is 17.6 Å². The maximum absolute atomic E-state index is 13.2. The first-order valence-corrected chi connectivity index (χ1v) is 8.63. The Kier molecular flexibility index (Phi) is 4.99. The Labute approximate surface area is 157 Å². The number of fused-ring (bicyclic) bond motifs is 1. The van der Waals surface area contributed by atoms with E-state index in [0.29, 0.717) is 28.2 Å². The molecule has 3 rings (SSSR count). The third kappa shape index (κ3) is 3.07. The van der Waals surface area contributed by atoms with E-state index < -0.39 is 17.9 Å². The fourth-order valence-electron chi connectivity index (χ4n) is 3.34. The largest absolute Gasteiger partial charge is 0.493 e. The van der Waals surface area contributed by atoms with Crippen molar-refractivity contribution in [1.82, 2.24) is 4.90 Å². The van der Waals surface area contributed by atoms with Gasteiger partial charge in [-0.3, -0.25) is 19.3 Å². The molecule has 1 aliphatic rings. The number of carbonyl (C=O) groups excluding carboxylic acids is 3. The minimum absolute atomic E-state index is 0.257. The van der Waals surface area contributed by atoms with E-state index in [-0.39, 0.29) is 11.7 Å². The number of rotatable bonds is 6. The van der Waals surface area contributed by atoms with Gasteiger partial charge in [-0.2, -0.15) is 0 Å². The van der Waals surface area contributed by atoms with Crippen LogP contribution in [0.3, 0.4) is 0 Å². The van der Waals surface area contributed by atoms with Crippen molar-refractivity contribution < 1.29 is 23.9 Å². The lowest BCUT2D eigenvalue weighted by Gasteiger charge is -2.28. The maximum atomic E-state index is 13.2. The number of Topliss-reactive ketones (excluding diaryl/α,β-unsaturated/α-hetero) is 1. The molecule has 0 saturated heterocycles. The van der Waals surface area contributed by atoms with Gasteiger partial charge in [-0.25, -0.2) is 0 Å². The van der Waals surface area contributed by atoms with Crippen LogP contribution in [0.15, 0.2) is 42.5 Å². The fraction of sp³-hybridized carbons (Fsp3) is 0.286. The van der Waals surface area contributed by atoms with E-state index >= 15 is 0 Å². The SMILES string of the molecule is COc1ccc(C(=O)[C@H](C(C)C)N2C(=O)c3ccccc3C2=O)cc1OC. The highest BCUT2D eigenvalue weighted by Crippen LogP contribution is 2.32. The Morgan fingerprint density at radius 2 is 1.44 bits per heavy atom. The van der Waals surface area contributed by atoms with Crippen molar-refractivity contribution in [2.75, 3.05) is 14.2 Å². The number of ether oxygens (including phenoxy) is 2. The molecular weight excluding hydrogens is 346 g/mol. The Balaban J connectivity index is 2.01. The highest BCUT2D eigenvalue weighted by atomic mass is 16.5. The van der Waals surface area contributed by atoms with Crippen molar-refractivity contribution in [1.29, 1.82) is 0 Å². The van der Waals surface area contributed by atoms with Gasteiger partial charge in [0.05, 0.1) is 25.3 Å². The van der Waals surface area contributed by atoms with E-state index in [0.717, 1.165) is 4.90 Å². The molecule has 0 spiro atoms. The van der Waals surface area contributed by atoms with Gasteiger partial charge in [0.15, 0.2) is 17.3 Å². The molecule has 2 amide bonds. The van der Waals surface area contributed by atoms with Gasteiger partial charge < -0.3 is 9.47 Å². The highest BCUT2D eigenvalue weighted by molar-refractivity contribution is 6.23. The Bertz CT molecular complexity index is 884. The smallest absolute Gasteiger partial charge is 0.262 e. The molecule has 0 unspecified atom stereocenters. The van der Waals surface area contributed by atoms with Crippen LogP contribution in [0.25, 0.3) is 0 Å². The molecule has 0 saturated carbocycles. The summed E-state index contributed by atoms with van der Waals surface area (Å²) in [6.45, 7) is 3.62. The number of carbonyl (C=O) groups is 3. The topological polar surface area (TPSA) is 72.9 Å². The molecule has 27 heavy (non-hydrogen) atoms. The molecule has 2 aromatic rings. The minimum atomic E-state index is -0.907. The van der Waals surface area contributed by atoms with E-state index in [1.165, 1.54) is 14.2 Å². The Morgan fingerprint density at radius 1 is 0.889 bits per heavy atom. The second-order valence-electron chi connectivity index (χ2n) is 6.65. The fourth-order valence-corrected chi connectivity index (χ4v) is 3.34. The monoisotopic (exact) mass is 367 g/mol. The van der Waals surface area contributed by atoms with E-state index in [4.69, 9.17) is 9.47 Å². The van der Waals surface area contributed by atoms with Crippen LogP contribution < -0.4 is 9.47 Å². The summed E-state index contributed by atoms with van der Waals surface area (Å²) >= 11 is 0. The third-order valence-electron chi connectivity index (χ3n) is 4.67. The molecule has 1 atom stereocenters. The third-order valence-corrected chi connectivity index (χ3v) is 4.67. The zero-order valence-corrected chi connectivity index (χ0v) is 15.7. The van der Waals surface area contributed by atoms with Crippen LogP contribution in [0.1, 0.15) is 44.9 Å². The number of hydrogen-bond donors (Lipinski definition) is 0. The Morgan fingerprint density at radius 3 is 1.93 bits per heavy atom. The predicted molar refractivity (Wildman–Crippen MR) is 99.4 cm³/mol. The van der Waals surface area contributed by atoms with Crippen LogP contribution in [0.4, 0.5) is 0 Å². The number of hydrogen-bond acceptors (Lipinski definition) is 5. The van der Waals surface area contributed by atoms with Crippen LogP contribution in [0.5, 0.6) is 11.5 Å². The van der Waals surface area contributed by atoms with Crippen molar-refractivity contribution in [2.24, 2.45) is 5.92 Å². The summed E-state index contributed by atoms with van der Waals surface area (Å²) in [6, 6.07) is 10.5. The average Bonchev–Trinajstić information content (AvgIpc) is 2.92. The number of ketones is 1. The zero-order chi connectivity index (χ0) is 19.7. The van der Waals surface area contributed by atoms with Gasteiger partial charge in [0.2, 0.25) is 0 Å².